The minimum Gasteiger partial charge on any atom is -0.478 e. The van der Waals surface area contributed by atoms with Gasteiger partial charge in [-0.05, 0) is 43.9 Å². The molecule has 3 fully saturated rings. The van der Waals surface area contributed by atoms with E-state index in [1.54, 1.807) is 6.40 Å². The summed E-state index contributed by atoms with van der Waals surface area (Å²) in [6.45, 7) is 1.57. The van der Waals surface area contributed by atoms with Crippen molar-refractivity contribution in [2.75, 3.05) is 13.2 Å². The fourth-order valence-corrected chi connectivity index (χ4v) is 4.25. The molecule has 0 spiro atoms. The van der Waals surface area contributed by atoms with E-state index in [1.807, 2.05) is 0 Å². The van der Waals surface area contributed by atoms with Gasteiger partial charge in [-0.3, -0.25) is 4.99 Å². The molecule has 1 heterocycles. The molecule has 120 valence electrons. The van der Waals surface area contributed by atoms with E-state index in [4.69, 9.17) is 9.47 Å². The Hall–Kier alpha value is -0.570. The molecule has 2 aliphatic carbocycles. The van der Waals surface area contributed by atoms with Crippen LogP contribution in [0.3, 0.4) is 0 Å². The van der Waals surface area contributed by atoms with Crippen LogP contribution in [-0.4, -0.2) is 31.8 Å². The second-order valence-corrected chi connectivity index (χ2v) is 7.29. The van der Waals surface area contributed by atoms with Crippen LogP contribution in [0.4, 0.5) is 0 Å². The minimum atomic E-state index is 0.247. The van der Waals surface area contributed by atoms with Crippen molar-refractivity contribution < 1.29 is 9.47 Å². The summed E-state index contributed by atoms with van der Waals surface area (Å²) in [5.74, 6) is 2.01. The summed E-state index contributed by atoms with van der Waals surface area (Å²) in [4.78, 5) is 4.63. The first-order chi connectivity index (χ1) is 10.4. The second kappa shape index (κ2) is 8.17. The maximum absolute atomic E-state index is 5.64. The Bertz CT molecular complexity index is 311. The highest BCUT2D eigenvalue weighted by Gasteiger charge is 2.24. The minimum absolute atomic E-state index is 0.247. The van der Waals surface area contributed by atoms with Crippen LogP contribution in [0.2, 0.25) is 0 Å². The predicted molar refractivity (Wildman–Crippen MR) is 85.7 cm³/mol. The average molecular weight is 293 g/mol. The van der Waals surface area contributed by atoms with Crippen LogP contribution < -0.4 is 0 Å². The lowest BCUT2D eigenvalue weighted by atomic mass is 9.77. The maximum Gasteiger partial charge on any atom is 0.170 e. The molecular weight excluding hydrogens is 262 g/mol. The fourth-order valence-electron chi connectivity index (χ4n) is 4.25. The van der Waals surface area contributed by atoms with Gasteiger partial charge >= 0.3 is 0 Å². The zero-order chi connectivity index (χ0) is 14.3. The second-order valence-electron chi connectivity index (χ2n) is 7.29. The summed E-state index contributed by atoms with van der Waals surface area (Å²) in [7, 11) is 0. The van der Waals surface area contributed by atoms with Gasteiger partial charge in [-0.15, -0.1) is 0 Å². The Kier molecular flexibility index (Phi) is 5.96. The number of hydrogen-bond acceptors (Lipinski definition) is 3. The number of ether oxygens (including phenoxy) is 2. The molecule has 0 amide bonds. The lowest BCUT2D eigenvalue weighted by Gasteiger charge is -2.30. The zero-order valence-corrected chi connectivity index (χ0v) is 13.3. The standard InChI is InChI=1S/C18H31NO2/c1-2-4-15(5-3-1)12-16-6-8-17(9-7-16)19-14-21-18-10-11-20-13-18/h14-18H,1-13H2/b19-14+. The molecule has 0 aromatic carbocycles. The molecule has 1 unspecified atom stereocenters. The summed E-state index contributed by atoms with van der Waals surface area (Å²) < 4.78 is 10.9. The van der Waals surface area contributed by atoms with Crippen molar-refractivity contribution in [1.29, 1.82) is 0 Å². The van der Waals surface area contributed by atoms with Crippen LogP contribution in [0.1, 0.15) is 70.6 Å². The van der Waals surface area contributed by atoms with Crippen molar-refractivity contribution in [3.05, 3.63) is 0 Å². The van der Waals surface area contributed by atoms with Crippen molar-refractivity contribution in [3.63, 3.8) is 0 Å². The summed E-state index contributed by atoms with van der Waals surface area (Å²) in [6, 6.07) is 0.509. The number of aliphatic imine (C=N–C) groups is 1. The number of nitrogens with zero attached hydrogens (tertiary/aromatic N) is 1. The molecular formula is C18H31NO2. The SMILES string of the molecule is C(=N\C1CCC(CC2CCCCC2)CC1)/OC1CCOC1. The smallest absolute Gasteiger partial charge is 0.170 e. The molecule has 3 nitrogen and oxygen atoms in total. The molecule has 0 aromatic heterocycles. The van der Waals surface area contributed by atoms with Crippen LogP contribution in [0.5, 0.6) is 0 Å². The van der Waals surface area contributed by atoms with Gasteiger partial charge in [0, 0.05) is 6.42 Å². The highest BCUT2D eigenvalue weighted by molar-refractivity contribution is 5.47. The van der Waals surface area contributed by atoms with Gasteiger partial charge < -0.3 is 9.47 Å². The van der Waals surface area contributed by atoms with Crippen molar-refractivity contribution in [2.45, 2.75) is 82.8 Å². The van der Waals surface area contributed by atoms with Crippen LogP contribution in [0.15, 0.2) is 4.99 Å². The molecule has 2 saturated carbocycles. The van der Waals surface area contributed by atoms with Gasteiger partial charge in [-0.1, -0.05) is 32.1 Å². The number of hydrogen-bond donors (Lipinski definition) is 0. The van der Waals surface area contributed by atoms with Crippen molar-refractivity contribution in [2.24, 2.45) is 16.8 Å². The van der Waals surface area contributed by atoms with Crippen molar-refractivity contribution in [3.8, 4) is 0 Å². The molecule has 3 heteroatoms. The van der Waals surface area contributed by atoms with Crippen LogP contribution in [-0.2, 0) is 9.47 Å². The molecule has 0 radical (unpaired) electrons. The fraction of sp³-hybridized carbons (Fsp3) is 0.944. The molecule has 3 rings (SSSR count). The zero-order valence-electron chi connectivity index (χ0n) is 13.3. The van der Waals surface area contributed by atoms with E-state index in [9.17, 15) is 0 Å². The first kappa shape index (κ1) is 15.3. The van der Waals surface area contributed by atoms with Crippen LogP contribution >= 0.6 is 0 Å². The van der Waals surface area contributed by atoms with Gasteiger partial charge in [0.2, 0.25) is 0 Å². The molecule has 21 heavy (non-hydrogen) atoms. The number of rotatable bonds is 5. The summed E-state index contributed by atoms with van der Waals surface area (Å²) >= 11 is 0. The first-order valence-corrected chi connectivity index (χ1v) is 9.15. The van der Waals surface area contributed by atoms with Crippen molar-refractivity contribution in [1.82, 2.24) is 0 Å². The van der Waals surface area contributed by atoms with E-state index in [0.29, 0.717) is 6.04 Å². The molecule has 1 aliphatic heterocycles. The monoisotopic (exact) mass is 293 g/mol. The lowest BCUT2D eigenvalue weighted by Crippen LogP contribution is -2.21. The first-order valence-electron chi connectivity index (χ1n) is 9.15. The van der Waals surface area contributed by atoms with E-state index in [-0.39, 0.29) is 6.10 Å². The third-order valence-corrected chi connectivity index (χ3v) is 5.62. The Balaban J connectivity index is 1.31. The molecule has 1 saturated heterocycles. The maximum atomic E-state index is 5.64. The highest BCUT2D eigenvalue weighted by Crippen LogP contribution is 2.35. The lowest BCUT2D eigenvalue weighted by molar-refractivity contribution is 0.138. The highest BCUT2D eigenvalue weighted by atomic mass is 16.5. The Labute approximate surface area is 129 Å². The quantitative estimate of drug-likeness (QED) is 0.557. The third kappa shape index (κ3) is 4.98. The van der Waals surface area contributed by atoms with E-state index in [0.717, 1.165) is 31.5 Å². The van der Waals surface area contributed by atoms with Gasteiger partial charge in [-0.2, -0.15) is 0 Å². The van der Waals surface area contributed by atoms with Crippen LogP contribution in [0.25, 0.3) is 0 Å². The average Bonchev–Trinajstić information content (AvgIpc) is 3.03. The largest absolute Gasteiger partial charge is 0.478 e. The Morgan fingerprint density at radius 1 is 0.905 bits per heavy atom. The van der Waals surface area contributed by atoms with Gasteiger partial charge in [0.25, 0.3) is 0 Å². The van der Waals surface area contributed by atoms with E-state index < -0.39 is 0 Å². The molecule has 3 aliphatic rings. The van der Waals surface area contributed by atoms with Crippen molar-refractivity contribution >= 4 is 6.40 Å². The topological polar surface area (TPSA) is 30.8 Å². The molecule has 1 atom stereocenters. The summed E-state index contributed by atoms with van der Waals surface area (Å²) in [6.07, 6.45) is 17.2. The third-order valence-electron chi connectivity index (χ3n) is 5.62. The van der Waals surface area contributed by atoms with Gasteiger partial charge in [0.15, 0.2) is 6.40 Å². The van der Waals surface area contributed by atoms with Gasteiger partial charge in [-0.25, -0.2) is 0 Å². The predicted octanol–water partition coefficient (Wildman–Crippen LogP) is 4.35. The molecule has 0 bridgehead atoms. The summed E-state index contributed by atoms with van der Waals surface area (Å²) in [5.41, 5.74) is 0. The Morgan fingerprint density at radius 3 is 2.38 bits per heavy atom. The van der Waals surface area contributed by atoms with E-state index in [1.165, 1.54) is 64.2 Å². The molecule has 0 aromatic rings. The normalized spacial score (nSPS) is 35.3. The Morgan fingerprint density at radius 2 is 1.67 bits per heavy atom. The molecule has 0 N–H and O–H groups in total. The van der Waals surface area contributed by atoms with Gasteiger partial charge in [0.05, 0.1) is 19.3 Å². The summed E-state index contributed by atoms with van der Waals surface area (Å²) in [5, 5.41) is 0. The van der Waals surface area contributed by atoms with E-state index in [2.05, 4.69) is 4.99 Å². The van der Waals surface area contributed by atoms with Crippen LogP contribution in [0, 0.1) is 11.8 Å². The van der Waals surface area contributed by atoms with E-state index >= 15 is 0 Å². The van der Waals surface area contributed by atoms with Gasteiger partial charge in [0.1, 0.15) is 6.10 Å².